The van der Waals surface area contributed by atoms with Crippen LogP contribution in [0.1, 0.15) is 0 Å². The minimum Gasteiger partial charge on any atom is -0.455 e. The molecule has 0 bridgehead atoms. The van der Waals surface area contributed by atoms with Crippen molar-refractivity contribution in [3.05, 3.63) is 224 Å². The first-order valence-electron chi connectivity index (χ1n) is 19.8. The zero-order chi connectivity index (χ0) is 38.4. The monoisotopic (exact) mass is 739 g/mol. The van der Waals surface area contributed by atoms with Gasteiger partial charge in [0.05, 0.1) is 11.4 Å². The molecule has 2 heteroatoms. The summed E-state index contributed by atoms with van der Waals surface area (Å²) >= 11 is 0. The highest BCUT2D eigenvalue weighted by molar-refractivity contribution is 6.15. The van der Waals surface area contributed by atoms with Gasteiger partial charge in [0.15, 0.2) is 0 Å². The van der Waals surface area contributed by atoms with Crippen LogP contribution >= 0.6 is 0 Å². The Hall–Kier alpha value is -7.68. The number of furan rings is 1. The molecule has 0 unspecified atom stereocenters. The Balaban J connectivity index is 1.11. The number of hydrogen-bond acceptors (Lipinski definition) is 2. The molecule has 0 saturated carbocycles. The molecule has 0 atom stereocenters. The van der Waals surface area contributed by atoms with Gasteiger partial charge >= 0.3 is 0 Å². The molecule has 1 heterocycles. The molecule has 0 N–H and O–H groups in total. The summed E-state index contributed by atoms with van der Waals surface area (Å²) in [6.07, 6.45) is 0. The summed E-state index contributed by atoms with van der Waals surface area (Å²) in [5.74, 6) is 0. The minimum absolute atomic E-state index is 0.886. The van der Waals surface area contributed by atoms with Crippen molar-refractivity contribution in [2.45, 2.75) is 0 Å². The van der Waals surface area contributed by atoms with Gasteiger partial charge in [-0.25, -0.2) is 0 Å². The van der Waals surface area contributed by atoms with Crippen LogP contribution in [0.25, 0.3) is 88.0 Å². The maximum Gasteiger partial charge on any atom is 0.143 e. The highest BCUT2D eigenvalue weighted by Crippen LogP contribution is 2.47. The van der Waals surface area contributed by atoms with Crippen LogP contribution in [0.3, 0.4) is 0 Å². The third kappa shape index (κ3) is 5.91. The van der Waals surface area contributed by atoms with E-state index in [9.17, 15) is 0 Å². The summed E-state index contributed by atoms with van der Waals surface area (Å²) in [5, 5.41) is 7.01. The summed E-state index contributed by atoms with van der Waals surface area (Å²) < 4.78 is 6.55. The number of rotatable bonds is 7. The van der Waals surface area contributed by atoms with Crippen LogP contribution in [0.5, 0.6) is 0 Å². The van der Waals surface area contributed by atoms with Crippen LogP contribution in [-0.2, 0) is 0 Å². The van der Waals surface area contributed by atoms with Gasteiger partial charge in [-0.15, -0.1) is 0 Å². The lowest BCUT2D eigenvalue weighted by atomic mass is 9.94. The fourth-order valence-electron chi connectivity index (χ4n) is 8.55. The average Bonchev–Trinajstić information content (AvgIpc) is 3.69. The molecule has 58 heavy (non-hydrogen) atoms. The number of para-hydroxylation sites is 1. The lowest BCUT2D eigenvalue weighted by Gasteiger charge is -2.30. The summed E-state index contributed by atoms with van der Waals surface area (Å²) in [7, 11) is 0. The third-order valence-corrected chi connectivity index (χ3v) is 11.5. The van der Waals surface area contributed by atoms with E-state index in [1.807, 2.05) is 0 Å². The van der Waals surface area contributed by atoms with E-state index in [0.29, 0.717) is 0 Å². The molecular weight excluding hydrogens is 703 g/mol. The molecule has 0 saturated heterocycles. The van der Waals surface area contributed by atoms with Crippen LogP contribution in [0.4, 0.5) is 17.1 Å². The molecule has 0 fully saturated rings. The van der Waals surface area contributed by atoms with E-state index < -0.39 is 0 Å². The van der Waals surface area contributed by atoms with Gasteiger partial charge in [-0.2, -0.15) is 0 Å². The van der Waals surface area contributed by atoms with Crippen molar-refractivity contribution in [1.82, 2.24) is 0 Å². The first-order valence-corrected chi connectivity index (χ1v) is 19.8. The second kappa shape index (κ2) is 14.1. The Labute approximate surface area is 337 Å². The van der Waals surface area contributed by atoms with Gasteiger partial charge in [-0.1, -0.05) is 170 Å². The highest BCUT2D eigenvalue weighted by Gasteiger charge is 2.22. The van der Waals surface area contributed by atoms with Crippen molar-refractivity contribution in [3.8, 4) is 44.5 Å². The summed E-state index contributed by atoms with van der Waals surface area (Å²) in [4.78, 5) is 2.43. The number of hydrogen-bond donors (Lipinski definition) is 0. The van der Waals surface area contributed by atoms with Gasteiger partial charge in [0.25, 0.3) is 0 Å². The number of benzene rings is 10. The smallest absolute Gasteiger partial charge is 0.143 e. The van der Waals surface area contributed by atoms with Crippen molar-refractivity contribution in [2.75, 3.05) is 4.90 Å². The van der Waals surface area contributed by atoms with Crippen LogP contribution in [0, 0.1) is 0 Å². The maximum absolute atomic E-state index is 6.55. The van der Waals surface area contributed by atoms with Gasteiger partial charge in [-0.3, -0.25) is 0 Å². The zero-order valence-electron chi connectivity index (χ0n) is 31.7. The van der Waals surface area contributed by atoms with Gasteiger partial charge in [0.1, 0.15) is 11.2 Å². The van der Waals surface area contributed by atoms with Gasteiger partial charge in [0, 0.05) is 33.0 Å². The third-order valence-electron chi connectivity index (χ3n) is 11.5. The molecule has 11 aromatic rings. The Morgan fingerprint density at radius 1 is 0.293 bits per heavy atom. The van der Waals surface area contributed by atoms with E-state index in [-0.39, 0.29) is 0 Å². The van der Waals surface area contributed by atoms with Crippen molar-refractivity contribution < 1.29 is 4.42 Å². The molecule has 10 aromatic carbocycles. The fourth-order valence-corrected chi connectivity index (χ4v) is 8.55. The van der Waals surface area contributed by atoms with Crippen molar-refractivity contribution >= 4 is 60.5 Å². The van der Waals surface area contributed by atoms with Crippen molar-refractivity contribution in [2.24, 2.45) is 0 Å². The molecule has 0 radical (unpaired) electrons. The SMILES string of the molecule is c1ccc(-c2ccc(N(c3ccc(-c4ccc5ccccc5c4)cc3)c3ccccc3-c3ccc4oc5c6ccccc6ccc5c4c3)c(-c3ccccc3)c2)cc1. The molecule has 272 valence electrons. The van der Waals surface area contributed by atoms with Crippen LogP contribution in [0.15, 0.2) is 229 Å². The second-order valence-electron chi connectivity index (χ2n) is 14.9. The lowest BCUT2D eigenvalue weighted by molar-refractivity contribution is 0.672. The Kier molecular flexibility index (Phi) is 8.19. The number of nitrogens with zero attached hydrogens (tertiary/aromatic N) is 1. The summed E-state index contributed by atoms with van der Waals surface area (Å²) in [5.41, 5.74) is 14.4. The maximum atomic E-state index is 6.55. The van der Waals surface area contributed by atoms with Crippen molar-refractivity contribution in [1.29, 1.82) is 0 Å². The number of anilines is 3. The predicted octanol–water partition coefficient (Wildman–Crippen LogP) is 16.0. The quantitative estimate of drug-likeness (QED) is 0.162. The second-order valence-corrected chi connectivity index (χ2v) is 14.9. The van der Waals surface area contributed by atoms with Gasteiger partial charge < -0.3 is 9.32 Å². The molecule has 0 amide bonds. The summed E-state index contributed by atoms with van der Waals surface area (Å²) in [6.45, 7) is 0. The van der Waals surface area contributed by atoms with Gasteiger partial charge in [0.2, 0.25) is 0 Å². The van der Waals surface area contributed by atoms with Crippen LogP contribution < -0.4 is 4.90 Å². The normalized spacial score (nSPS) is 11.4. The minimum atomic E-state index is 0.886. The number of fused-ring (bicyclic) bond motifs is 6. The van der Waals surface area contributed by atoms with E-state index in [4.69, 9.17) is 4.42 Å². The van der Waals surface area contributed by atoms with Gasteiger partial charge in [-0.05, 0) is 104 Å². The van der Waals surface area contributed by atoms with E-state index >= 15 is 0 Å². The molecule has 2 nitrogen and oxygen atoms in total. The van der Waals surface area contributed by atoms with Crippen molar-refractivity contribution in [3.63, 3.8) is 0 Å². The Morgan fingerprint density at radius 2 is 0.879 bits per heavy atom. The predicted molar refractivity (Wildman–Crippen MR) is 245 cm³/mol. The molecule has 0 spiro atoms. The zero-order valence-corrected chi connectivity index (χ0v) is 31.7. The van der Waals surface area contributed by atoms with E-state index in [0.717, 1.165) is 66.6 Å². The van der Waals surface area contributed by atoms with E-state index in [1.54, 1.807) is 0 Å². The van der Waals surface area contributed by atoms with Crippen LogP contribution in [-0.4, -0.2) is 0 Å². The topological polar surface area (TPSA) is 16.4 Å². The largest absolute Gasteiger partial charge is 0.455 e. The molecule has 0 aliphatic rings. The van der Waals surface area contributed by atoms with E-state index in [1.165, 1.54) is 38.4 Å². The molecule has 0 aliphatic carbocycles. The van der Waals surface area contributed by atoms with Crippen LogP contribution in [0.2, 0.25) is 0 Å². The first-order chi connectivity index (χ1) is 28.7. The Morgan fingerprint density at radius 3 is 1.71 bits per heavy atom. The highest BCUT2D eigenvalue weighted by atomic mass is 16.3. The lowest BCUT2D eigenvalue weighted by Crippen LogP contribution is -2.12. The Bertz CT molecular complexity index is 3270. The standard InChI is InChI=1S/C56H37NO/c1-3-13-38(14-4-1)45-28-33-54(51(36-45)41-16-5-2-6-17-41)57(47-30-25-40(26-31-47)44-24-23-39-15-7-8-19-43(39)35-44)53-22-12-11-20-48(53)46-29-34-55-52(37-46)50-32-27-42-18-9-10-21-49(42)56(50)58-55/h1-37H. The molecular formula is C56H37NO. The van der Waals surface area contributed by atoms with E-state index in [2.05, 4.69) is 229 Å². The molecule has 11 rings (SSSR count). The molecule has 0 aliphatic heterocycles. The summed E-state index contributed by atoms with van der Waals surface area (Å²) in [6, 6.07) is 80.8. The average molecular weight is 740 g/mol. The molecule has 1 aromatic heterocycles. The first kappa shape index (κ1) is 33.6. The fraction of sp³-hybridized carbons (Fsp3) is 0.